The third-order valence-corrected chi connectivity index (χ3v) is 6.71. The van der Waals surface area contributed by atoms with Crippen molar-refractivity contribution in [1.82, 2.24) is 4.90 Å². The number of ether oxygens (including phenoxy) is 1. The van der Waals surface area contributed by atoms with E-state index >= 15 is 0 Å². The van der Waals surface area contributed by atoms with Crippen LogP contribution in [0.5, 0.6) is 11.5 Å². The molecule has 5 nitrogen and oxygen atoms in total. The fourth-order valence-corrected chi connectivity index (χ4v) is 4.81. The molecule has 3 atom stereocenters. The second-order valence-corrected chi connectivity index (χ2v) is 8.55. The molecule has 0 aliphatic carbocycles. The lowest BCUT2D eigenvalue weighted by Gasteiger charge is -2.29. The smallest absolute Gasteiger partial charge is 0.176 e. The van der Waals surface area contributed by atoms with Gasteiger partial charge in [-0.1, -0.05) is 30.3 Å². The minimum Gasteiger partial charge on any atom is -0.507 e. The van der Waals surface area contributed by atoms with Gasteiger partial charge in [-0.05, 0) is 67.0 Å². The average molecular weight is 467 g/mol. The molecule has 0 radical (unpaired) electrons. The molecule has 0 saturated carbocycles. The first-order valence-electron chi connectivity index (χ1n) is 10.8. The fourth-order valence-electron chi connectivity index (χ4n) is 4.45. The first kappa shape index (κ1) is 23.0. The van der Waals surface area contributed by atoms with Gasteiger partial charge in [-0.2, -0.15) is 0 Å². The van der Waals surface area contributed by atoms with E-state index in [0.717, 1.165) is 11.3 Å². The van der Waals surface area contributed by atoms with Crippen LogP contribution >= 0.6 is 12.2 Å². The topological polar surface area (TPSA) is 56.2 Å². The van der Waals surface area contributed by atoms with Gasteiger partial charge in [0.2, 0.25) is 0 Å². The van der Waals surface area contributed by atoms with Gasteiger partial charge in [0.1, 0.15) is 17.3 Å². The van der Waals surface area contributed by atoms with Crippen LogP contribution in [0.15, 0.2) is 72.8 Å². The molecule has 0 bridgehead atoms. The maximum atomic E-state index is 13.3. The number of benzene rings is 3. The molecule has 0 amide bonds. The van der Waals surface area contributed by atoms with Gasteiger partial charge in [0.25, 0.3) is 0 Å². The number of para-hydroxylation sites is 1. The van der Waals surface area contributed by atoms with Gasteiger partial charge in [0.15, 0.2) is 5.11 Å². The number of hydrogen-bond donors (Lipinski definition) is 2. The summed E-state index contributed by atoms with van der Waals surface area (Å²) in [4.78, 5) is 4.07. The van der Waals surface area contributed by atoms with E-state index in [-0.39, 0.29) is 23.7 Å². The van der Waals surface area contributed by atoms with Gasteiger partial charge in [-0.15, -0.1) is 0 Å². The minimum absolute atomic E-state index is 0.105. The summed E-state index contributed by atoms with van der Waals surface area (Å²) in [6.45, 7) is 0. The van der Waals surface area contributed by atoms with Crippen molar-refractivity contribution in [2.75, 3.05) is 19.1 Å². The average Bonchev–Trinajstić information content (AvgIpc) is 3.08. The number of likely N-dealkylation sites (N-methyl/N-ethyl adjacent to an activating group) is 1. The number of aliphatic hydroxyl groups is 1. The number of methoxy groups -OCH3 is 1. The molecule has 3 aromatic carbocycles. The normalized spacial score (nSPS) is 19.1. The van der Waals surface area contributed by atoms with Crippen LogP contribution in [0.2, 0.25) is 0 Å². The highest BCUT2D eigenvalue weighted by Gasteiger charge is 2.44. The summed E-state index contributed by atoms with van der Waals surface area (Å²) in [5, 5.41) is 22.2. The van der Waals surface area contributed by atoms with Crippen LogP contribution in [0.25, 0.3) is 0 Å². The van der Waals surface area contributed by atoms with Gasteiger partial charge >= 0.3 is 0 Å². The maximum Gasteiger partial charge on any atom is 0.176 e. The monoisotopic (exact) mass is 466 g/mol. The van der Waals surface area contributed by atoms with Crippen molar-refractivity contribution >= 4 is 23.0 Å². The fraction of sp³-hybridized carbons (Fsp3) is 0.269. The zero-order chi connectivity index (χ0) is 23.5. The quantitative estimate of drug-likeness (QED) is 0.467. The summed E-state index contributed by atoms with van der Waals surface area (Å²) >= 11 is 5.82. The highest BCUT2D eigenvalue weighted by molar-refractivity contribution is 7.80. The number of aromatic hydroxyl groups is 1. The molecule has 4 rings (SSSR count). The molecule has 1 fully saturated rings. The number of phenolic OH excluding ortho intramolecular Hbond substituents is 1. The molecule has 1 aliphatic heterocycles. The Labute approximate surface area is 198 Å². The third-order valence-electron chi connectivity index (χ3n) is 6.23. The van der Waals surface area contributed by atoms with Crippen molar-refractivity contribution in [1.29, 1.82) is 0 Å². The Kier molecular flexibility index (Phi) is 6.81. The van der Waals surface area contributed by atoms with Crippen molar-refractivity contribution < 1.29 is 19.3 Å². The minimum atomic E-state index is -0.733. The van der Waals surface area contributed by atoms with E-state index in [9.17, 15) is 14.6 Å². The predicted molar refractivity (Wildman–Crippen MR) is 131 cm³/mol. The van der Waals surface area contributed by atoms with Crippen molar-refractivity contribution in [2.45, 2.75) is 31.0 Å². The molecule has 1 aliphatic rings. The van der Waals surface area contributed by atoms with Gasteiger partial charge in [-0.3, -0.25) is 0 Å². The first-order valence-corrected chi connectivity index (χ1v) is 11.2. The summed E-state index contributed by atoms with van der Waals surface area (Å²) in [5.41, 5.74) is 2.33. The lowest BCUT2D eigenvalue weighted by molar-refractivity contribution is 0.152. The first-order chi connectivity index (χ1) is 15.9. The van der Waals surface area contributed by atoms with Crippen molar-refractivity contribution in [3.8, 4) is 11.5 Å². The number of thiocarbonyl (C=S) groups is 1. The molecule has 3 unspecified atom stereocenters. The molecular weight excluding hydrogens is 439 g/mol. The van der Waals surface area contributed by atoms with Crippen LogP contribution in [0.4, 0.5) is 10.1 Å². The summed E-state index contributed by atoms with van der Waals surface area (Å²) < 4.78 is 18.5. The Morgan fingerprint density at radius 3 is 2.39 bits per heavy atom. The highest BCUT2D eigenvalue weighted by Crippen LogP contribution is 2.44. The Hall–Kier alpha value is -3.16. The van der Waals surface area contributed by atoms with E-state index in [1.54, 1.807) is 25.3 Å². The van der Waals surface area contributed by atoms with Crippen LogP contribution in [-0.2, 0) is 0 Å². The number of hydrogen-bond acceptors (Lipinski definition) is 4. The SMILES string of the molecule is COc1ccc(C2C(CCC(O)c3ccc(F)cc3)N(C)C(=S)N2c2ccccc2)c(O)c1. The van der Waals surface area contributed by atoms with Crippen molar-refractivity contribution in [2.24, 2.45) is 0 Å². The molecule has 1 heterocycles. The standard InChI is InChI=1S/C26H27FN2O3S/c1-28-22(14-15-23(30)17-8-10-18(27)11-9-17)25(21-13-12-20(32-2)16-24(21)31)29(26(28)33)19-6-4-3-5-7-19/h3-13,16,22-23,25,30-31H,14-15H2,1-2H3. The molecule has 0 spiro atoms. The van der Waals surface area contributed by atoms with Crippen LogP contribution in [-0.4, -0.2) is 40.4 Å². The molecule has 0 aromatic heterocycles. The van der Waals surface area contributed by atoms with E-state index in [1.807, 2.05) is 59.3 Å². The number of nitrogens with zero attached hydrogens (tertiary/aromatic N) is 2. The van der Waals surface area contributed by atoms with E-state index in [2.05, 4.69) is 0 Å². The van der Waals surface area contributed by atoms with Crippen LogP contribution in [0.3, 0.4) is 0 Å². The molecule has 3 aromatic rings. The zero-order valence-corrected chi connectivity index (χ0v) is 19.4. The van der Waals surface area contributed by atoms with Crippen LogP contribution in [0, 0.1) is 5.82 Å². The Bertz CT molecular complexity index is 1110. The number of phenols is 1. The van der Waals surface area contributed by atoms with E-state index < -0.39 is 6.10 Å². The van der Waals surface area contributed by atoms with Crippen molar-refractivity contribution in [3.05, 3.63) is 89.7 Å². The zero-order valence-electron chi connectivity index (χ0n) is 18.6. The second-order valence-electron chi connectivity index (χ2n) is 8.18. The molecule has 1 saturated heterocycles. The predicted octanol–water partition coefficient (Wildman–Crippen LogP) is 5.20. The molecule has 7 heteroatoms. The summed E-state index contributed by atoms with van der Waals surface area (Å²) in [5.74, 6) is 0.363. The summed E-state index contributed by atoms with van der Waals surface area (Å²) in [6, 6.07) is 20.7. The van der Waals surface area contributed by atoms with E-state index in [4.69, 9.17) is 17.0 Å². The van der Waals surface area contributed by atoms with E-state index in [1.165, 1.54) is 12.1 Å². The Balaban J connectivity index is 1.67. The van der Waals surface area contributed by atoms with Gasteiger partial charge in [0.05, 0.1) is 25.3 Å². The number of halogens is 1. The molecule has 172 valence electrons. The van der Waals surface area contributed by atoms with Gasteiger partial charge in [-0.25, -0.2) is 4.39 Å². The Morgan fingerprint density at radius 1 is 1.06 bits per heavy atom. The molecule has 33 heavy (non-hydrogen) atoms. The number of aliphatic hydroxyl groups excluding tert-OH is 1. The molecular formula is C26H27FN2O3S. The third kappa shape index (κ3) is 4.65. The summed E-state index contributed by atoms with van der Waals surface area (Å²) in [6.07, 6.45) is 0.331. The molecule has 2 N–H and O–H groups in total. The Morgan fingerprint density at radius 2 is 1.76 bits per heavy atom. The van der Waals surface area contributed by atoms with Crippen LogP contribution in [0.1, 0.15) is 36.1 Å². The second kappa shape index (κ2) is 9.77. The number of rotatable bonds is 7. The highest BCUT2D eigenvalue weighted by atomic mass is 32.1. The van der Waals surface area contributed by atoms with Crippen LogP contribution < -0.4 is 9.64 Å². The lowest BCUT2D eigenvalue weighted by atomic mass is 9.92. The van der Waals surface area contributed by atoms with E-state index in [0.29, 0.717) is 29.3 Å². The van der Waals surface area contributed by atoms with Gasteiger partial charge in [0, 0.05) is 24.4 Å². The van der Waals surface area contributed by atoms with Crippen molar-refractivity contribution in [3.63, 3.8) is 0 Å². The lowest BCUT2D eigenvalue weighted by Crippen LogP contribution is -2.31. The number of anilines is 1. The summed E-state index contributed by atoms with van der Waals surface area (Å²) in [7, 11) is 3.50. The largest absolute Gasteiger partial charge is 0.507 e. The maximum absolute atomic E-state index is 13.3. The van der Waals surface area contributed by atoms with Gasteiger partial charge < -0.3 is 24.7 Å².